The molecule has 1 saturated heterocycles. The first-order valence-electron chi connectivity index (χ1n) is 6.40. The van der Waals surface area contributed by atoms with Crippen LogP contribution in [0.25, 0.3) is 11.1 Å². The van der Waals surface area contributed by atoms with Crippen molar-refractivity contribution < 1.29 is 4.74 Å². The molecule has 1 aliphatic rings. The van der Waals surface area contributed by atoms with E-state index in [0.717, 1.165) is 19.8 Å². The SMILES string of the molecule is c1ccc(-c2cccc([C@H]3COCCN3)c2)cc1. The zero-order valence-electron chi connectivity index (χ0n) is 10.3. The standard InChI is InChI=1S/C16H17NO/c1-2-5-13(6-3-1)14-7-4-8-15(11-14)16-12-18-10-9-17-16/h1-8,11,16-17H,9-10,12H2/t16-/m1/s1. The summed E-state index contributed by atoms with van der Waals surface area (Å²) in [5.74, 6) is 0. The Bertz CT molecular complexity index is 504. The molecule has 1 atom stereocenters. The molecule has 2 aromatic rings. The molecule has 0 aliphatic carbocycles. The van der Waals surface area contributed by atoms with E-state index in [4.69, 9.17) is 4.74 Å². The van der Waals surface area contributed by atoms with Gasteiger partial charge in [-0.25, -0.2) is 0 Å². The monoisotopic (exact) mass is 239 g/mol. The number of morpholine rings is 1. The van der Waals surface area contributed by atoms with Crippen molar-refractivity contribution in [2.45, 2.75) is 6.04 Å². The summed E-state index contributed by atoms with van der Waals surface area (Å²) in [6.07, 6.45) is 0. The maximum absolute atomic E-state index is 5.52. The van der Waals surface area contributed by atoms with Gasteiger partial charge < -0.3 is 10.1 Å². The topological polar surface area (TPSA) is 21.3 Å². The zero-order valence-corrected chi connectivity index (χ0v) is 10.3. The van der Waals surface area contributed by atoms with Gasteiger partial charge in [0.2, 0.25) is 0 Å². The first-order chi connectivity index (χ1) is 8.93. The average Bonchev–Trinajstić information content (AvgIpc) is 2.49. The Kier molecular flexibility index (Phi) is 3.40. The second kappa shape index (κ2) is 5.34. The first-order valence-corrected chi connectivity index (χ1v) is 6.40. The molecular formula is C16H17NO. The molecule has 1 aliphatic heterocycles. The van der Waals surface area contributed by atoms with E-state index >= 15 is 0 Å². The third-order valence-corrected chi connectivity index (χ3v) is 3.32. The lowest BCUT2D eigenvalue weighted by Crippen LogP contribution is -2.34. The molecule has 0 spiro atoms. The molecule has 0 amide bonds. The van der Waals surface area contributed by atoms with Gasteiger partial charge in [-0.2, -0.15) is 0 Å². The van der Waals surface area contributed by atoms with Crippen LogP contribution in [0.2, 0.25) is 0 Å². The Hall–Kier alpha value is -1.64. The van der Waals surface area contributed by atoms with E-state index in [2.05, 4.69) is 53.8 Å². The minimum Gasteiger partial charge on any atom is -0.378 e. The summed E-state index contributed by atoms with van der Waals surface area (Å²) in [4.78, 5) is 0. The molecule has 2 heteroatoms. The summed E-state index contributed by atoms with van der Waals surface area (Å²) in [7, 11) is 0. The van der Waals surface area contributed by atoms with Crippen molar-refractivity contribution in [1.82, 2.24) is 5.32 Å². The van der Waals surface area contributed by atoms with Gasteiger partial charge in [0.1, 0.15) is 0 Å². The first kappa shape index (κ1) is 11.5. The van der Waals surface area contributed by atoms with Crippen molar-refractivity contribution in [1.29, 1.82) is 0 Å². The Balaban J connectivity index is 1.89. The van der Waals surface area contributed by atoms with Crippen LogP contribution in [0, 0.1) is 0 Å². The Morgan fingerprint density at radius 3 is 2.56 bits per heavy atom. The van der Waals surface area contributed by atoms with Crippen molar-refractivity contribution in [3.63, 3.8) is 0 Å². The fourth-order valence-electron chi connectivity index (χ4n) is 2.35. The molecule has 2 nitrogen and oxygen atoms in total. The van der Waals surface area contributed by atoms with Crippen molar-refractivity contribution >= 4 is 0 Å². The number of hydrogen-bond acceptors (Lipinski definition) is 2. The summed E-state index contributed by atoms with van der Waals surface area (Å²) >= 11 is 0. The summed E-state index contributed by atoms with van der Waals surface area (Å²) in [5, 5.41) is 3.49. The summed E-state index contributed by atoms with van der Waals surface area (Å²) < 4.78 is 5.52. The quantitative estimate of drug-likeness (QED) is 0.869. The minimum absolute atomic E-state index is 0.322. The lowest BCUT2D eigenvalue weighted by atomic mass is 9.99. The summed E-state index contributed by atoms with van der Waals surface area (Å²) in [6.45, 7) is 2.51. The molecule has 1 heterocycles. The number of benzene rings is 2. The van der Waals surface area contributed by atoms with Gasteiger partial charge in [0, 0.05) is 6.54 Å². The lowest BCUT2D eigenvalue weighted by molar-refractivity contribution is 0.0769. The molecule has 1 N–H and O–H groups in total. The predicted molar refractivity (Wildman–Crippen MR) is 73.4 cm³/mol. The van der Waals surface area contributed by atoms with E-state index in [-0.39, 0.29) is 0 Å². The molecule has 0 aromatic heterocycles. The maximum atomic E-state index is 5.52. The number of nitrogens with one attached hydrogen (secondary N) is 1. The highest BCUT2D eigenvalue weighted by Gasteiger charge is 2.15. The highest BCUT2D eigenvalue weighted by molar-refractivity contribution is 5.64. The van der Waals surface area contributed by atoms with Gasteiger partial charge in [-0.1, -0.05) is 48.5 Å². The van der Waals surface area contributed by atoms with Crippen LogP contribution in [-0.4, -0.2) is 19.8 Å². The molecular weight excluding hydrogens is 222 g/mol. The summed E-state index contributed by atoms with van der Waals surface area (Å²) in [6, 6.07) is 19.5. The van der Waals surface area contributed by atoms with Gasteiger partial charge in [0.25, 0.3) is 0 Å². The fraction of sp³-hybridized carbons (Fsp3) is 0.250. The van der Waals surface area contributed by atoms with E-state index in [1.54, 1.807) is 0 Å². The third-order valence-electron chi connectivity index (χ3n) is 3.32. The van der Waals surface area contributed by atoms with E-state index in [9.17, 15) is 0 Å². The molecule has 18 heavy (non-hydrogen) atoms. The van der Waals surface area contributed by atoms with Crippen LogP contribution < -0.4 is 5.32 Å². The highest BCUT2D eigenvalue weighted by Crippen LogP contribution is 2.24. The van der Waals surface area contributed by atoms with Crippen LogP contribution in [0.3, 0.4) is 0 Å². The molecule has 0 bridgehead atoms. The largest absolute Gasteiger partial charge is 0.378 e. The number of ether oxygens (including phenoxy) is 1. The molecule has 2 aromatic carbocycles. The van der Waals surface area contributed by atoms with Crippen LogP contribution >= 0.6 is 0 Å². The Labute approximate surface area is 108 Å². The maximum Gasteiger partial charge on any atom is 0.0662 e. The van der Waals surface area contributed by atoms with E-state index in [1.807, 2.05) is 6.07 Å². The number of hydrogen-bond donors (Lipinski definition) is 1. The normalized spacial score (nSPS) is 19.7. The van der Waals surface area contributed by atoms with Crippen molar-refractivity contribution in [3.8, 4) is 11.1 Å². The van der Waals surface area contributed by atoms with Gasteiger partial charge in [-0.05, 0) is 22.8 Å². The minimum atomic E-state index is 0.322. The lowest BCUT2D eigenvalue weighted by Gasteiger charge is -2.24. The van der Waals surface area contributed by atoms with Crippen LogP contribution in [0.4, 0.5) is 0 Å². The molecule has 3 rings (SSSR count). The highest BCUT2D eigenvalue weighted by atomic mass is 16.5. The van der Waals surface area contributed by atoms with Crippen molar-refractivity contribution in [2.75, 3.05) is 19.8 Å². The second-order valence-corrected chi connectivity index (χ2v) is 4.57. The molecule has 0 radical (unpaired) electrons. The number of rotatable bonds is 2. The smallest absolute Gasteiger partial charge is 0.0662 e. The Morgan fingerprint density at radius 2 is 1.78 bits per heavy atom. The molecule has 92 valence electrons. The van der Waals surface area contributed by atoms with Crippen LogP contribution in [0.5, 0.6) is 0 Å². The van der Waals surface area contributed by atoms with Gasteiger partial charge >= 0.3 is 0 Å². The fourth-order valence-corrected chi connectivity index (χ4v) is 2.35. The van der Waals surface area contributed by atoms with Crippen molar-refractivity contribution in [2.24, 2.45) is 0 Å². The van der Waals surface area contributed by atoms with Crippen LogP contribution in [-0.2, 0) is 4.74 Å². The molecule has 0 unspecified atom stereocenters. The van der Waals surface area contributed by atoms with Gasteiger partial charge in [0.05, 0.1) is 19.3 Å². The molecule has 1 fully saturated rings. The van der Waals surface area contributed by atoms with Gasteiger partial charge in [-0.3, -0.25) is 0 Å². The third kappa shape index (κ3) is 2.45. The second-order valence-electron chi connectivity index (χ2n) is 4.57. The van der Waals surface area contributed by atoms with Gasteiger partial charge in [0.15, 0.2) is 0 Å². The van der Waals surface area contributed by atoms with Crippen molar-refractivity contribution in [3.05, 3.63) is 60.2 Å². The predicted octanol–water partition coefficient (Wildman–Crippen LogP) is 3.01. The van der Waals surface area contributed by atoms with E-state index in [1.165, 1.54) is 16.7 Å². The average molecular weight is 239 g/mol. The van der Waals surface area contributed by atoms with E-state index < -0.39 is 0 Å². The van der Waals surface area contributed by atoms with Crippen LogP contribution in [0.1, 0.15) is 11.6 Å². The van der Waals surface area contributed by atoms with Gasteiger partial charge in [-0.15, -0.1) is 0 Å². The molecule has 0 saturated carbocycles. The van der Waals surface area contributed by atoms with E-state index in [0.29, 0.717) is 6.04 Å². The zero-order chi connectivity index (χ0) is 12.2. The Morgan fingerprint density at radius 1 is 0.944 bits per heavy atom. The van der Waals surface area contributed by atoms with Crippen LogP contribution in [0.15, 0.2) is 54.6 Å². The summed E-state index contributed by atoms with van der Waals surface area (Å²) in [5.41, 5.74) is 3.83.